The molecule has 1 aromatic carbocycles. The van der Waals surface area contributed by atoms with Crippen molar-refractivity contribution in [3.8, 4) is 16.9 Å². The summed E-state index contributed by atoms with van der Waals surface area (Å²) in [6.07, 6.45) is -3.36. The van der Waals surface area contributed by atoms with Crippen LogP contribution in [0.1, 0.15) is 28.4 Å². The molecule has 0 aliphatic carbocycles. The van der Waals surface area contributed by atoms with Crippen molar-refractivity contribution in [3.63, 3.8) is 0 Å². The normalized spacial score (nSPS) is 11.5. The topological polar surface area (TPSA) is 48.3 Å². The van der Waals surface area contributed by atoms with Crippen LogP contribution in [0, 0.1) is 13.8 Å². The molecule has 0 aliphatic rings. The van der Waals surface area contributed by atoms with E-state index >= 15 is 0 Å². The molecule has 0 amide bonds. The van der Waals surface area contributed by atoms with Gasteiger partial charge in [0.25, 0.3) is 5.56 Å². The van der Waals surface area contributed by atoms with Crippen LogP contribution in [0.15, 0.2) is 29.2 Å². The first-order valence-electron chi connectivity index (χ1n) is 7.09. The second-order valence-electron chi connectivity index (χ2n) is 5.52. The van der Waals surface area contributed by atoms with Gasteiger partial charge >= 0.3 is 6.36 Å². The molecule has 0 spiro atoms. The Labute approximate surface area is 136 Å². The van der Waals surface area contributed by atoms with E-state index in [0.717, 1.165) is 6.07 Å². The number of alkyl halides is 3. The highest BCUT2D eigenvalue weighted by atomic mass is 19.4. The predicted molar refractivity (Wildman–Crippen MR) is 83.3 cm³/mol. The van der Waals surface area contributed by atoms with Crippen molar-refractivity contribution in [2.24, 2.45) is 7.05 Å². The van der Waals surface area contributed by atoms with Crippen LogP contribution < -0.4 is 10.3 Å². The molecule has 0 saturated carbocycles. The van der Waals surface area contributed by atoms with E-state index in [0.29, 0.717) is 22.3 Å². The summed E-state index contributed by atoms with van der Waals surface area (Å²) in [5.74, 6) is -1.09. The Kier molecular flexibility index (Phi) is 4.55. The third kappa shape index (κ3) is 3.50. The van der Waals surface area contributed by atoms with Crippen LogP contribution in [-0.2, 0) is 7.05 Å². The van der Waals surface area contributed by atoms with Crippen molar-refractivity contribution >= 4 is 5.78 Å². The molecule has 0 atom stereocenters. The summed E-state index contributed by atoms with van der Waals surface area (Å²) in [5.41, 5.74) is 1.85. The third-order valence-corrected chi connectivity index (χ3v) is 3.83. The fourth-order valence-electron chi connectivity index (χ4n) is 2.46. The van der Waals surface area contributed by atoms with Crippen molar-refractivity contribution in [1.82, 2.24) is 4.57 Å². The van der Waals surface area contributed by atoms with Gasteiger partial charge in [-0.25, -0.2) is 0 Å². The molecular weight excluding hydrogens is 323 g/mol. The Morgan fingerprint density at radius 1 is 1.17 bits per heavy atom. The number of carbonyl (C=O) groups is 1. The van der Waals surface area contributed by atoms with Crippen molar-refractivity contribution in [3.05, 3.63) is 51.4 Å². The lowest BCUT2D eigenvalue weighted by Crippen LogP contribution is -2.20. The molecule has 0 radical (unpaired) electrons. The molecule has 1 aromatic heterocycles. The number of hydrogen-bond acceptors (Lipinski definition) is 3. The Balaban J connectivity index is 2.67. The fourth-order valence-corrected chi connectivity index (χ4v) is 2.46. The van der Waals surface area contributed by atoms with Crippen molar-refractivity contribution in [2.75, 3.05) is 0 Å². The number of aromatic nitrogens is 1. The monoisotopic (exact) mass is 339 g/mol. The highest BCUT2D eigenvalue weighted by Gasteiger charge is 2.32. The number of rotatable bonds is 3. The first kappa shape index (κ1) is 17.8. The average Bonchev–Trinajstić information content (AvgIpc) is 2.46. The first-order chi connectivity index (χ1) is 11.0. The summed E-state index contributed by atoms with van der Waals surface area (Å²) >= 11 is 0. The number of Topliss-reactive ketones (excluding diaryl/α,β-unsaturated/α-hetero) is 1. The van der Waals surface area contributed by atoms with Crippen molar-refractivity contribution in [1.29, 1.82) is 0 Å². The highest BCUT2D eigenvalue weighted by molar-refractivity contribution is 5.97. The Hall–Kier alpha value is -2.57. The molecule has 2 rings (SSSR count). The predicted octanol–water partition coefficient (Wildman–Crippen LogP) is 3.77. The molecule has 0 unspecified atom stereocenters. The minimum atomic E-state index is -4.91. The maximum absolute atomic E-state index is 12.6. The van der Waals surface area contributed by atoms with Gasteiger partial charge in [0.15, 0.2) is 5.78 Å². The maximum Gasteiger partial charge on any atom is 0.573 e. The van der Waals surface area contributed by atoms with Gasteiger partial charge in [0, 0.05) is 24.4 Å². The van der Waals surface area contributed by atoms with E-state index in [-0.39, 0.29) is 11.1 Å². The third-order valence-electron chi connectivity index (χ3n) is 3.83. The Bertz CT molecular complexity index is 867. The minimum Gasteiger partial charge on any atom is -0.405 e. The molecule has 0 N–H and O–H groups in total. The molecule has 0 bridgehead atoms. The molecule has 2 aromatic rings. The van der Waals surface area contributed by atoms with Gasteiger partial charge in [0.05, 0.1) is 5.56 Å². The number of ketones is 1. The standard InChI is InChI=1S/C17H16F3NO3/c1-9-10(2)16(23)21(4)8-14(9)12-5-6-13(11(3)22)15(7-12)24-17(18,19)20/h5-8H,1-4H3. The molecule has 24 heavy (non-hydrogen) atoms. The number of ether oxygens (including phenoxy) is 1. The lowest BCUT2D eigenvalue weighted by atomic mass is 9.97. The number of benzene rings is 1. The van der Waals surface area contributed by atoms with E-state index in [2.05, 4.69) is 4.74 Å². The summed E-state index contributed by atoms with van der Waals surface area (Å²) in [7, 11) is 1.56. The second-order valence-corrected chi connectivity index (χ2v) is 5.52. The van der Waals surface area contributed by atoms with E-state index < -0.39 is 17.9 Å². The van der Waals surface area contributed by atoms with Gasteiger partial charge in [0.2, 0.25) is 0 Å². The number of aryl methyl sites for hydroxylation is 1. The highest BCUT2D eigenvalue weighted by Crippen LogP contribution is 2.33. The summed E-state index contributed by atoms with van der Waals surface area (Å²) in [6, 6.07) is 3.99. The van der Waals surface area contributed by atoms with Crippen LogP contribution in [0.2, 0.25) is 0 Å². The fraction of sp³-hybridized carbons (Fsp3) is 0.294. The first-order valence-corrected chi connectivity index (χ1v) is 7.09. The van der Waals surface area contributed by atoms with Gasteiger partial charge in [-0.1, -0.05) is 6.07 Å². The Morgan fingerprint density at radius 3 is 2.33 bits per heavy atom. The van der Waals surface area contributed by atoms with Crippen LogP contribution in [0.25, 0.3) is 11.1 Å². The molecular formula is C17H16F3NO3. The molecule has 0 fully saturated rings. The van der Waals surface area contributed by atoms with E-state index in [1.54, 1.807) is 27.1 Å². The van der Waals surface area contributed by atoms with E-state index in [4.69, 9.17) is 0 Å². The molecule has 1 heterocycles. The van der Waals surface area contributed by atoms with E-state index in [9.17, 15) is 22.8 Å². The van der Waals surface area contributed by atoms with Crippen molar-refractivity contribution in [2.45, 2.75) is 27.1 Å². The van der Waals surface area contributed by atoms with Crippen LogP contribution in [0.5, 0.6) is 5.75 Å². The summed E-state index contributed by atoms with van der Waals surface area (Å²) in [4.78, 5) is 23.4. The quantitative estimate of drug-likeness (QED) is 0.800. The number of carbonyl (C=O) groups excluding carboxylic acids is 1. The molecule has 0 saturated heterocycles. The largest absolute Gasteiger partial charge is 0.573 e. The van der Waals surface area contributed by atoms with Crippen LogP contribution >= 0.6 is 0 Å². The summed E-state index contributed by atoms with van der Waals surface area (Å²) in [6.45, 7) is 4.54. The zero-order valence-electron chi connectivity index (χ0n) is 13.6. The van der Waals surface area contributed by atoms with Gasteiger partial charge in [-0.15, -0.1) is 13.2 Å². The zero-order valence-corrected chi connectivity index (χ0v) is 13.6. The SMILES string of the molecule is CC(=O)c1ccc(-c2cn(C)c(=O)c(C)c2C)cc1OC(F)(F)F. The van der Waals surface area contributed by atoms with E-state index in [1.807, 2.05) is 0 Å². The van der Waals surface area contributed by atoms with Crippen LogP contribution in [0.4, 0.5) is 13.2 Å². The second kappa shape index (κ2) is 6.14. The zero-order chi connectivity index (χ0) is 18.2. The van der Waals surface area contributed by atoms with Gasteiger partial charge in [-0.3, -0.25) is 9.59 Å². The maximum atomic E-state index is 12.6. The Morgan fingerprint density at radius 2 is 1.79 bits per heavy atom. The molecule has 0 aliphatic heterocycles. The number of halogens is 3. The lowest BCUT2D eigenvalue weighted by Gasteiger charge is -2.15. The number of pyridine rings is 1. The summed E-state index contributed by atoms with van der Waals surface area (Å²) < 4.78 is 43.2. The smallest absolute Gasteiger partial charge is 0.405 e. The molecule has 128 valence electrons. The van der Waals surface area contributed by atoms with Crippen LogP contribution in [0.3, 0.4) is 0 Å². The minimum absolute atomic E-state index is 0.157. The van der Waals surface area contributed by atoms with Gasteiger partial charge < -0.3 is 9.30 Å². The number of nitrogens with zero attached hydrogens (tertiary/aromatic N) is 1. The number of hydrogen-bond donors (Lipinski definition) is 0. The average molecular weight is 339 g/mol. The molecule has 4 nitrogen and oxygen atoms in total. The molecule has 7 heteroatoms. The van der Waals surface area contributed by atoms with Gasteiger partial charge in [-0.2, -0.15) is 0 Å². The van der Waals surface area contributed by atoms with E-state index in [1.165, 1.54) is 23.6 Å². The van der Waals surface area contributed by atoms with Crippen molar-refractivity contribution < 1.29 is 22.7 Å². The van der Waals surface area contributed by atoms with Crippen LogP contribution in [-0.4, -0.2) is 16.7 Å². The van der Waals surface area contributed by atoms with Gasteiger partial charge in [0.1, 0.15) is 5.75 Å². The summed E-state index contributed by atoms with van der Waals surface area (Å²) in [5, 5.41) is 0. The lowest BCUT2D eigenvalue weighted by molar-refractivity contribution is -0.274. The van der Waals surface area contributed by atoms with Gasteiger partial charge in [-0.05, 0) is 44.0 Å².